The molecule has 3 N–H and O–H groups in total. The third kappa shape index (κ3) is 4.62. The van der Waals surface area contributed by atoms with Crippen LogP contribution in [-0.2, 0) is 0 Å². The van der Waals surface area contributed by atoms with Crippen molar-refractivity contribution >= 4 is 23.3 Å². The summed E-state index contributed by atoms with van der Waals surface area (Å²) in [5.74, 6) is 0.981. The standard InChI is InChI=1S/C11H15N3O3S/c12-11(13-15)7-3-4-8-18-10-6-2-1-5-9(10)14(16)17/h1-2,5-6,15H,3-4,7-8H2,(H2,12,13). The van der Waals surface area contributed by atoms with Gasteiger partial charge in [-0.2, -0.15) is 0 Å². The molecular formula is C11H15N3O3S. The lowest BCUT2D eigenvalue weighted by Gasteiger charge is -2.02. The van der Waals surface area contributed by atoms with Crippen LogP contribution in [0.3, 0.4) is 0 Å². The van der Waals surface area contributed by atoms with Crippen molar-refractivity contribution in [3.63, 3.8) is 0 Å². The number of hydrogen-bond donors (Lipinski definition) is 2. The Kier molecular flexibility index (Phi) is 5.99. The zero-order chi connectivity index (χ0) is 13.4. The summed E-state index contributed by atoms with van der Waals surface area (Å²) in [7, 11) is 0. The van der Waals surface area contributed by atoms with E-state index in [1.165, 1.54) is 17.8 Å². The van der Waals surface area contributed by atoms with E-state index in [0.29, 0.717) is 11.3 Å². The molecule has 6 nitrogen and oxygen atoms in total. The third-order valence-electron chi connectivity index (χ3n) is 2.28. The van der Waals surface area contributed by atoms with E-state index in [0.717, 1.165) is 18.6 Å². The van der Waals surface area contributed by atoms with Crippen molar-refractivity contribution in [3.05, 3.63) is 34.4 Å². The lowest BCUT2D eigenvalue weighted by molar-refractivity contribution is -0.387. The molecule has 1 rings (SSSR count). The lowest BCUT2D eigenvalue weighted by atomic mass is 10.2. The van der Waals surface area contributed by atoms with Gasteiger partial charge in [0.1, 0.15) is 5.84 Å². The van der Waals surface area contributed by atoms with Crippen molar-refractivity contribution in [1.29, 1.82) is 0 Å². The van der Waals surface area contributed by atoms with Crippen LogP contribution in [-0.4, -0.2) is 21.7 Å². The summed E-state index contributed by atoms with van der Waals surface area (Å²) in [6.45, 7) is 0. The van der Waals surface area contributed by atoms with Gasteiger partial charge in [0.2, 0.25) is 0 Å². The third-order valence-corrected chi connectivity index (χ3v) is 3.42. The molecule has 18 heavy (non-hydrogen) atoms. The highest BCUT2D eigenvalue weighted by molar-refractivity contribution is 7.99. The Bertz CT molecular complexity index is 437. The second kappa shape index (κ2) is 7.54. The average Bonchev–Trinajstić information content (AvgIpc) is 2.38. The fourth-order valence-electron chi connectivity index (χ4n) is 1.37. The minimum absolute atomic E-state index is 0.138. The monoisotopic (exact) mass is 269 g/mol. The van der Waals surface area contributed by atoms with Gasteiger partial charge in [0.15, 0.2) is 0 Å². The quantitative estimate of drug-likeness (QED) is 0.151. The second-order valence-electron chi connectivity index (χ2n) is 3.62. The van der Waals surface area contributed by atoms with E-state index in [9.17, 15) is 10.1 Å². The summed E-state index contributed by atoms with van der Waals surface area (Å²) >= 11 is 1.45. The Morgan fingerprint density at radius 3 is 2.83 bits per heavy atom. The first-order chi connectivity index (χ1) is 8.65. The highest BCUT2D eigenvalue weighted by atomic mass is 32.2. The molecule has 1 aromatic carbocycles. The van der Waals surface area contributed by atoms with E-state index in [1.807, 2.05) is 0 Å². The zero-order valence-electron chi connectivity index (χ0n) is 9.78. The van der Waals surface area contributed by atoms with Crippen LogP contribution >= 0.6 is 11.8 Å². The molecule has 0 bridgehead atoms. The molecule has 0 aliphatic heterocycles. The number of nitro benzene ring substituents is 1. The molecule has 0 unspecified atom stereocenters. The number of amidine groups is 1. The van der Waals surface area contributed by atoms with E-state index >= 15 is 0 Å². The maximum Gasteiger partial charge on any atom is 0.282 e. The summed E-state index contributed by atoms with van der Waals surface area (Å²) in [6, 6.07) is 6.68. The van der Waals surface area contributed by atoms with Crippen molar-refractivity contribution in [2.24, 2.45) is 10.9 Å². The molecule has 0 spiro atoms. The molecule has 0 radical (unpaired) electrons. The van der Waals surface area contributed by atoms with E-state index in [1.54, 1.807) is 18.2 Å². The van der Waals surface area contributed by atoms with Gasteiger partial charge >= 0.3 is 0 Å². The van der Waals surface area contributed by atoms with Crippen LogP contribution in [0.2, 0.25) is 0 Å². The molecule has 0 saturated carbocycles. The van der Waals surface area contributed by atoms with Gasteiger partial charge in [-0.15, -0.1) is 11.8 Å². The molecule has 0 amide bonds. The van der Waals surface area contributed by atoms with Crippen LogP contribution < -0.4 is 5.73 Å². The van der Waals surface area contributed by atoms with Gasteiger partial charge < -0.3 is 10.9 Å². The molecule has 98 valence electrons. The summed E-state index contributed by atoms with van der Waals surface area (Å²) in [4.78, 5) is 11.1. The van der Waals surface area contributed by atoms with Crippen LogP contribution in [0.4, 0.5) is 5.69 Å². The van der Waals surface area contributed by atoms with Gasteiger partial charge in [-0.25, -0.2) is 0 Å². The molecule has 0 aromatic heterocycles. The first-order valence-electron chi connectivity index (χ1n) is 5.47. The maximum absolute atomic E-state index is 10.8. The predicted octanol–water partition coefficient (Wildman–Crippen LogP) is 2.60. The zero-order valence-corrected chi connectivity index (χ0v) is 10.6. The molecular weight excluding hydrogens is 254 g/mol. The van der Waals surface area contributed by atoms with Gasteiger partial charge in [-0.1, -0.05) is 17.3 Å². The molecule has 0 atom stereocenters. The summed E-state index contributed by atoms with van der Waals surface area (Å²) in [5, 5.41) is 22.0. The first-order valence-corrected chi connectivity index (χ1v) is 6.46. The average molecular weight is 269 g/mol. The van der Waals surface area contributed by atoms with Crippen LogP contribution in [0, 0.1) is 10.1 Å². The Balaban J connectivity index is 2.38. The number of nitro groups is 1. The van der Waals surface area contributed by atoms with Crippen LogP contribution in [0.1, 0.15) is 19.3 Å². The highest BCUT2D eigenvalue weighted by Crippen LogP contribution is 2.29. The Hall–Kier alpha value is -1.76. The molecule has 0 fully saturated rings. The molecule has 0 saturated heterocycles. The van der Waals surface area contributed by atoms with E-state index < -0.39 is 0 Å². The van der Waals surface area contributed by atoms with Crippen molar-refractivity contribution in [1.82, 2.24) is 0 Å². The Morgan fingerprint density at radius 1 is 1.44 bits per heavy atom. The van der Waals surface area contributed by atoms with Crippen LogP contribution in [0.5, 0.6) is 0 Å². The lowest BCUT2D eigenvalue weighted by Crippen LogP contribution is -2.10. The van der Waals surface area contributed by atoms with Gasteiger partial charge in [-0.3, -0.25) is 10.1 Å². The number of nitrogens with two attached hydrogens (primary N) is 1. The van der Waals surface area contributed by atoms with Crippen LogP contribution in [0.15, 0.2) is 34.3 Å². The maximum atomic E-state index is 10.8. The highest BCUT2D eigenvalue weighted by Gasteiger charge is 2.11. The van der Waals surface area contributed by atoms with Gasteiger partial charge in [0.25, 0.3) is 5.69 Å². The van der Waals surface area contributed by atoms with Crippen molar-refractivity contribution in [2.75, 3.05) is 5.75 Å². The number of rotatable bonds is 7. The summed E-state index contributed by atoms with van der Waals surface area (Å²) < 4.78 is 0. The Morgan fingerprint density at radius 2 is 2.17 bits per heavy atom. The van der Waals surface area contributed by atoms with E-state index in [-0.39, 0.29) is 16.4 Å². The largest absolute Gasteiger partial charge is 0.409 e. The fraction of sp³-hybridized carbons (Fsp3) is 0.364. The predicted molar refractivity (Wildman–Crippen MR) is 71.1 cm³/mol. The second-order valence-corrected chi connectivity index (χ2v) is 4.76. The fourth-order valence-corrected chi connectivity index (χ4v) is 2.40. The number of para-hydroxylation sites is 1. The van der Waals surface area contributed by atoms with Crippen molar-refractivity contribution in [3.8, 4) is 0 Å². The van der Waals surface area contributed by atoms with Gasteiger partial charge in [0, 0.05) is 12.5 Å². The van der Waals surface area contributed by atoms with Gasteiger partial charge in [0.05, 0.1) is 9.82 Å². The smallest absolute Gasteiger partial charge is 0.282 e. The Labute approximate surface area is 109 Å². The van der Waals surface area contributed by atoms with Gasteiger partial charge in [-0.05, 0) is 24.7 Å². The summed E-state index contributed by atoms with van der Waals surface area (Å²) in [5.41, 5.74) is 5.47. The number of hydrogen-bond acceptors (Lipinski definition) is 5. The SMILES string of the molecule is N/C(CCCCSc1ccccc1[N+](=O)[O-])=N/O. The number of unbranched alkanes of at least 4 members (excludes halogenated alkanes) is 1. The minimum Gasteiger partial charge on any atom is -0.409 e. The molecule has 0 aliphatic carbocycles. The summed E-state index contributed by atoms with van der Waals surface area (Å²) in [6.07, 6.45) is 2.18. The topological polar surface area (TPSA) is 102 Å². The normalized spacial score (nSPS) is 11.4. The van der Waals surface area contributed by atoms with E-state index in [2.05, 4.69) is 5.16 Å². The number of benzene rings is 1. The first kappa shape index (κ1) is 14.3. The number of thioether (sulfide) groups is 1. The molecule has 0 heterocycles. The number of nitrogens with zero attached hydrogens (tertiary/aromatic N) is 2. The van der Waals surface area contributed by atoms with Crippen molar-refractivity contribution < 1.29 is 10.1 Å². The van der Waals surface area contributed by atoms with E-state index in [4.69, 9.17) is 10.9 Å². The molecule has 1 aromatic rings. The number of oxime groups is 1. The molecule has 0 aliphatic rings. The van der Waals surface area contributed by atoms with Crippen molar-refractivity contribution in [2.45, 2.75) is 24.2 Å². The molecule has 7 heteroatoms. The van der Waals surface area contributed by atoms with Crippen LogP contribution in [0.25, 0.3) is 0 Å². The minimum atomic E-state index is -0.376.